The molecule has 12 heteroatoms. The zero-order valence-corrected chi connectivity index (χ0v) is 25.5. The highest BCUT2D eigenvalue weighted by Gasteiger charge is 2.46. The molecule has 2 heterocycles. The summed E-state index contributed by atoms with van der Waals surface area (Å²) in [4.78, 5) is 42.1. The molecule has 1 aliphatic rings. The standard InChI is InChI=1S/C31H36N4O6S2/c1-2-29-35(43(40,41)25-10-4-3-5-11-25)27(21-42-29)30(37)34-26(31(38)39)20-23-15-13-22(14-16-23)19-24(36)9-8-18-33-28-12-6-7-17-32-28/h3-7,10-17,26-27,29H,2,8-9,18-21H2,1H3,(H,32,33)(H,34,37)(H,38,39)/t26-,27-,29?/m0/s1. The van der Waals surface area contributed by atoms with Gasteiger partial charge in [-0.15, -0.1) is 11.8 Å². The summed E-state index contributed by atoms with van der Waals surface area (Å²) in [7, 11) is -3.97. The van der Waals surface area contributed by atoms with Crippen LogP contribution in [0, 0.1) is 0 Å². The van der Waals surface area contributed by atoms with Crippen LogP contribution in [0.5, 0.6) is 0 Å². The van der Waals surface area contributed by atoms with Crippen LogP contribution in [0.1, 0.15) is 37.3 Å². The van der Waals surface area contributed by atoms with Crippen LogP contribution < -0.4 is 10.6 Å². The third kappa shape index (κ3) is 8.65. The van der Waals surface area contributed by atoms with E-state index in [0.29, 0.717) is 31.4 Å². The van der Waals surface area contributed by atoms with Crippen LogP contribution in [0.4, 0.5) is 5.82 Å². The Bertz CT molecular complexity index is 1490. The van der Waals surface area contributed by atoms with E-state index in [1.807, 2.05) is 25.1 Å². The normalized spacial score (nSPS) is 17.7. The Balaban J connectivity index is 1.33. The van der Waals surface area contributed by atoms with E-state index in [1.54, 1.807) is 48.7 Å². The number of aliphatic carboxylic acids is 1. The Hall–Kier alpha value is -3.74. The first-order chi connectivity index (χ1) is 20.7. The smallest absolute Gasteiger partial charge is 0.326 e. The molecule has 1 aromatic heterocycles. The highest BCUT2D eigenvalue weighted by Crippen LogP contribution is 2.36. The number of carbonyl (C=O) groups is 3. The van der Waals surface area contributed by atoms with Gasteiger partial charge in [-0.25, -0.2) is 18.2 Å². The van der Waals surface area contributed by atoms with E-state index in [1.165, 1.54) is 28.2 Å². The van der Waals surface area contributed by atoms with Crippen LogP contribution in [0.15, 0.2) is 83.9 Å². The largest absolute Gasteiger partial charge is 0.480 e. The number of hydrogen-bond acceptors (Lipinski definition) is 8. The summed E-state index contributed by atoms with van der Waals surface area (Å²) >= 11 is 1.36. The Morgan fingerprint density at radius 1 is 1.02 bits per heavy atom. The van der Waals surface area contributed by atoms with Crippen molar-refractivity contribution in [2.45, 2.75) is 61.4 Å². The lowest BCUT2D eigenvalue weighted by atomic mass is 10.0. The van der Waals surface area contributed by atoms with Crippen LogP contribution in [0.25, 0.3) is 0 Å². The Kier molecular flexibility index (Phi) is 11.3. The zero-order chi connectivity index (χ0) is 30.8. The van der Waals surface area contributed by atoms with Crippen molar-refractivity contribution in [2.75, 3.05) is 17.6 Å². The number of carboxylic acid groups (broad SMARTS) is 1. The molecule has 0 saturated carbocycles. The van der Waals surface area contributed by atoms with Crippen LogP contribution >= 0.6 is 11.8 Å². The van der Waals surface area contributed by atoms with Gasteiger partial charge < -0.3 is 15.7 Å². The Labute approximate surface area is 256 Å². The lowest BCUT2D eigenvalue weighted by molar-refractivity contribution is -0.142. The van der Waals surface area contributed by atoms with Crippen molar-refractivity contribution in [1.82, 2.24) is 14.6 Å². The van der Waals surface area contributed by atoms with Crippen molar-refractivity contribution in [1.29, 1.82) is 0 Å². The third-order valence-electron chi connectivity index (χ3n) is 7.09. The second-order valence-electron chi connectivity index (χ2n) is 10.2. The van der Waals surface area contributed by atoms with E-state index < -0.39 is 39.4 Å². The number of Topliss-reactive ketones (excluding diaryl/α,β-unsaturated/α-hetero) is 1. The lowest BCUT2D eigenvalue weighted by Gasteiger charge is -2.28. The lowest BCUT2D eigenvalue weighted by Crippen LogP contribution is -2.53. The summed E-state index contributed by atoms with van der Waals surface area (Å²) in [5.74, 6) is -0.772. The molecule has 3 N–H and O–H groups in total. The quantitative estimate of drug-likeness (QED) is 0.215. The van der Waals surface area contributed by atoms with Crippen LogP contribution in [-0.2, 0) is 37.2 Å². The summed E-state index contributed by atoms with van der Waals surface area (Å²) < 4.78 is 28.1. The molecule has 228 valence electrons. The second-order valence-corrected chi connectivity index (χ2v) is 13.3. The molecule has 0 bridgehead atoms. The molecule has 1 fully saturated rings. The topological polar surface area (TPSA) is 146 Å². The molecule has 1 aliphatic heterocycles. The van der Waals surface area contributed by atoms with Gasteiger partial charge in [0.2, 0.25) is 15.9 Å². The minimum absolute atomic E-state index is 0.0109. The van der Waals surface area contributed by atoms with E-state index >= 15 is 0 Å². The molecule has 0 radical (unpaired) electrons. The Morgan fingerprint density at radius 3 is 2.37 bits per heavy atom. The van der Waals surface area contributed by atoms with Gasteiger partial charge in [0, 0.05) is 37.8 Å². The van der Waals surface area contributed by atoms with E-state index in [9.17, 15) is 27.9 Å². The molecule has 43 heavy (non-hydrogen) atoms. The van der Waals surface area contributed by atoms with Gasteiger partial charge in [0.15, 0.2) is 0 Å². The van der Waals surface area contributed by atoms with Crippen molar-refractivity contribution in [2.24, 2.45) is 0 Å². The number of carboxylic acids is 1. The molecule has 0 spiro atoms. The number of carbonyl (C=O) groups excluding carboxylic acids is 2. The van der Waals surface area contributed by atoms with E-state index in [0.717, 1.165) is 11.4 Å². The number of pyridine rings is 1. The number of sulfonamides is 1. The molecule has 1 saturated heterocycles. The van der Waals surface area contributed by atoms with Gasteiger partial charge in [0.05, 0.1) is 10.3 Å². The van der Waals surface area contributed by atoms with Gasteiger partial charge >= 0.3 is 5.97 Å². The fourth-order valence-electron chi connectivity index (χ4n) is 4.86. The van der Waals surface area contributed by atoms with E-state index in [4.69, 9.17) is 0 Å². The highest BCUT2D eigenvalue weighted by atomic mass is 32.2. The average Bonchev–Trinajstić information content (AvgIpc) is 3.46. The zero-order valence-electron chi connectivity index (χ0n) is 23.9. The number of aromatic nitrogens is 1. The number of amides is 1. The summed E-state index contributed by atoms with van der Waals surface area (Å²) in [5.41, 5.74) is 1.49. The van der Waals surface area contributed by atoms with E-state index in [2.05, 4.69) is 15.6 Å². The number of benzene rings is 2. The maximum absolute atomic E-state index is 13.5. The summed E-state index contributed by atoms with van der Waals surface area (Å²) in [6.07, 6.45) is 3.58. The number of ketones is 1. The first kappa shape index (κ1) is 32.2. The van der Waals surface area contributed by atoms with Gasteiger partial charge in [0.25, 0.3) is 0 Å². The molecule has 4 rings (SSSR count). The highest BCUT2D eigenvalue weighted by molar-refractivity contribution is 8.01. The first-order valence-electron chi connectivity index (χ1n) is 14.2. The summed E-state index contributed by atoms with van der Waals surface area (Å²) in [5, 5.41) is 15.2. The number of hydrogen-bond donors (Lipinski definition) is 3. The van der Waals surface area contributed by atoms with Crippen molar-refractivity contribution in [3.8, 4) is 0 Å². The van der Waals surface area contributed by atoms with Gasteiger partial charge in [-0.1, -0.05) is 55.5 Å². The minimum atomic E-state index is -3.97. The number of nitrogens with zero attached hydrogens (tertiary/aromatic N) is 2. The molecule has 3 atom stereocenters. The van der Waals surface area contributed by atoms with Crippen LogP contribution in [0.2, 0.25) is 0 Å². The van der Waals surface area contributed by atoms with Crippen LogP contribution in [-0.4, -0.2) is 70.2 Å². The predicted octanol–water partition coefficient (Wildman–Crippen LogP) is 3.74. The summed E-state index contributed by atoms with van der Waals surface area (Å²) in [6, 6.07) is 18.3. The second kappa shape index (κ2) is 15.1. The first-order valence-corrected chi connectivity index (χ1v) is 16.7. The SMILES string of the molecule is CCC1SC[C@@H](C(=O)N[C@@H](Cc2ccc(CC(=O)CCCNc3ccccn3)cc2)C(=O)O)N1S(=O)(=O)c1ccccc1. The molecular weight excluding hydrogens is 588 g/mol. The minimum Gasteiger partial charge on any atom is -0.480 e. The van der Waals surface area contributed by atoms with E-state index in [-0.39, 0.29) is 29.3 Å². The molecule has 1 unspecified atom stereocenters. The molecule has 0 aliphatic carbocycles. The predicted molar refractivity (Wildman–Crippen MR) is 166 cm³/mol. The van der Waals surface area contributed by atoms with Gasteiger partial charge in [-0.3, -0.25) is 9.59 Å². The fourth-order valence-corrected chi connectivity index (χ4v) is 8.43. The third-order valence-corrected chi connectivity index (χ3v) is 10.6. The Morgan fingerprint density at radius 2 is 1.72 bits per heavy atom. The molecule has 2 aromatic carbocycles. The van der Waals surface area contributed by atoms with Crippen molar-refractivity contribution < 1.29 is 27.9 Å². The average molecular weight is 625 g/mol. The van der Waals surface area contributed by atoms with Crippen molar-refractivity contribution >= 4 is 45.3 Å². The fraction of sp³-hybridized carbons (Fsp3) is 0.355. The molecular formula is C31H36N4O6S2. The maximum atomic E-state index is 13.5. The van der Waals surface area contributed by atoms with Gasteiger partial charge in [0.1, 0.15) is 23.7 Å². The monoisotopic (exact) mass is 624 g/mol. The van der Waals surface area contributed by atoms with Crippen LogP contribution in [0.3, 0.4) is 0 Å². The van der Waals surface area contributed by atoms with Crippen molar-refractivity contribution in [3.05, 3.63) is 90.1 Å². The molecule has 3 aromatic rings. The molecule has 1 amide bonds. The van der Waals surface area contributed by atoms with Gasteiger partial charge in [-0.2, -0.15) is 4.31 Å². The van der Waals surface area contributed by atoms with Crippen molar-refractivity contribution in [3.63, 3.8) is 0 Å². The number of rotatable bonds is 15. The number of nitrogens with one attached hydrogen (secondary N) is 2. The van der Waals surface area contributed by atoms with Gasteiger partial charge in [-0.05, 0) is 48.2 Å². The molecule has 10 nitrogen and oxygen atoms in total. The summed E-state index contributed by atoms with van der Waals surface area (Å²) in [6.45, 7) is 2.49. The maximum Gasteiger partial charge on any atom is 0.326 e. The number of anilines is 1. The number of thioether (sulfide) groups is 1.